The van der Waals surface area contributed by atoms with Crippen LogP contribution in [0.25, 0.3) is 0 Å². The number of thioether (sulfide) groups is 1. The van der Waals surface area contributed by atoms with Crippen LogP contribution in [-0.4, -0.2) is 16.8 Å². The van der Waals surface area contributed by atoms with Crippen LogP contribution in [0.4, 0.5) is 0 Å². The van der Waals surface area contributed by atoms with Gasteiger partial charge in [0.1, 0.15) is 6.29 Å². The van der Waals surface area contributed by atoms with Gasteiger partial charge in [0.05, 0.1) is 0 Å². The second-order valence-corrected chi connectivity index (χ2v) is 8.46. The lowest BCUT2D eigenvalue weighted by atomic mass is 9.97. The molecule has 0 N–H and O–H groups in total. The Kier molecular flexibility index (Phi) is 11.0. The molecule has 2 heteroatoms. The van der Waals surface area contributed by atoms with Gasteiger partial charge in [-0.2, -0.15) is 11.8 Å². The molecule has 0 aliphatic heterocycles. The smallest absolute Gasteiger partial charge is 0.121 e. The van der Waals surface area contributed by atoms with Gasteiger partial charge in [0.25, 0.3) is 0 Å². The third kappa shape index (κ3) is 10.2. The molecule has 3 atom stereocenters. The molecule has 0 amide bonds. The van der Waals surface area contributed by atoms with Crippen molar-refractivity contribution >= 4 is 18.0 Å². The molecular formula is C19H34OS. The van der Waals surface area contributed by atoms with Gasteiger partial charge in [0.15, 0.2) is 0 Å². The zero-order valence-corrected chi connectivity index (χ0v) is 14.9. The summed E-state index contributed by atoms with van der Waals surface area (Å²) < 4.78 is 0. The maximum absolute atomic E-state index is 10.7. The molecule has 1 nitrogen and oxygen atoms in total. The Morgan fingerprint density at radius 2 is 1.86 bits per heavy atom. The zero-order valence-electron chi connectivity index (χ0n) is 14.1. The molecular weight excluding hydrogens is 276 g/mol. The first-order chi connectivity index (χ1) is 10.2. The van der Waals surface area contributed by atoms with Crippen LogP contribution in [-0.2, 0) is 4.79 Å². The average molecular weight is 311 g/mol. The Bertz CT molecular complexity index is 287. The van der Waals surface area contributed by atoms with Crippen LogP contribution in [0.15, 0.2) is 12.2 Å². The van der Waals surface area contributed by atoms with Crippen LogP contribution < -0.4 is 0 Å². The third-order valence-electron chi connectivity index (χ3n) is 4.37. The maximum atomic E-state index is 10.7. The van der Waals surface area contributed by atoms with Gasteiger partial charge in [-0.25, -0.2) is 0 Å². The lowest BCUT2D eigenvalue weighted by Gasteiger charge is -2.23. The lowest BCUT2D eigenvalue weighted by molar-refractivity contribution is -0.107. The van der Waals surface area contributed by atoms with Crippen LogP contribution in [0.5, 0.6) is 0 Å². The van der Waals surface area contributed by atoms with Gasteiger partial charge < -0.3 is 4.79 Å². The number of hydrogen-bond donors (Lipinski definition) is 0. The molecule has 1 aliphatic carbocycles. The first-order valence-electron chi connectivity index (χ1n) is 8.96. The van der Waals surface area contributed by atoms with Gasteiger partial charge in [-0.05, 0) is 38.0 Å². The number of hydrogen-bond acceptors (Lipinski definition) is 2. The third-order valence-corrected chi connectivity index (χ3v) is 5.84. The highest BCUT2D eigenvalue weighted by atomic mass is 32.2. The Morgan fingerprint density at radius 1 is 1.14 bits per heavy atom. The molecule has 0 aromatic heterocycles. The van der Waals surface area contributed by atoms with Gasteiger partial charge in [0.2, 0.25) is 0 Å². The van der Waals surface area contributed by atoms with Crippen LogP contribution in [0.2, 0.25) is 0 Å². The van der Waals surface area contributed by atoms with Crippen molar-refractivity contribution in [1.29, 1.82) is 0 Å². The van der Waals surface area contributed by atoms with Crippen LogP contribution in [0, 0.1) is 5.92 Å². The van der Waals surface area contributed by atoms with Crippen LogP contribution >= 0.6 is 11.8 Å². The normalized spacial score (nSPS) is 29.2. The quantitative estimate of drug-likeness (QED) is 0.456. The van der Waals surface area contributed by atoms with Crippen molar-refractivity contribution in [2.45, 2.75) is 95.0 Å². The van der Waals surface area contributed by atoms with Crippen LogP contribution in [0.1, 0.15) is 84.5 Å². The summed E-state index contributed by atoms with van der Waals surface area (Å²) in [5.41, 5.74) is 0. The summed E-state index contributed by atoms with van der Waals surface area (Å²) in [6.45, 7) is 4.59. The minimum atomic E-state index is 0.481. The van der Waals surface area contributed by atoms with Gasteiger partial charge >= 0.3 is 0 Å². The van der Waals surface area contributed by atoms with Crippen molar-refractivity contribution in [2.75, 3.05) is 0 Å². The minimum absolute atomic E-state index is 0.481. The number of allylic oxidation sites excluding steroid dienone is 2. The largest absolute Gasteiger partial charge is 0.303 e. The van der Waals surface area contributed by atoms with Crippen molar-refractivity contribution < 1.29 is 4.79 Å². The van der Waals surface area contributed by atoms with Gasteiger partial charge in [-0.3, -0.25) is 0 Å². The Labute approximate surface area is 136 Å². The predicted octanol–water partition coefficient (Wildman–Crippen LogP) is 6.17. The topological polar surface area (TPSA) is 17.1 Å². The summed E-state index contributed by atoms with van der Waals surface area (Å²) in [6, 6.07) is 0. The molecule has 0 spiro atoms. The van der Waals surface area contributed by atoms with Crippen molar-refractivity contribution in [3.63, 3.8) is 0 Å². The molecule has 0 radical (unpaired) electrons. The maximum Gasteiger partial charge on any atom is 0.121 e. The predicted molar refractivity (Wildman–Crippen MR) is 96.0 cm³/mol. The fourth-order valence-corrected chi connectivity index (χ4v) is 4.68. The van der Waals surface area contributed by atoms with Gasteiger partial charge in [-0.1, -0.05) is 58.1 Å². The molecule has 0 heterocycles. The summed E-state index contributed by atoms with van der Waals surface area (Å²) in [5, 5.41) is 1.22. The van der Waals surface area contributed by atoms with E-state index < -0.39 is 0 Å². The Balaban J connectivity index is 2.47. The molecule has 0 bridgehead atoms. The van der Waals surface area contributed by atoms with Gasteiger partial charge in [0, 0.05) is 16.9 Å². The number of rotatable bonds is 4. The van der Waals surface area contributed by atoms with E-state index in [0.29, 0.717) is 11.7 Å². The van der Waals surface area contributed by atoms with Crippen molar-refractivity contribution in [2.24, 2.45) is 5.92 Å². The second-order valence-electron chi connectivity index (χ2n) is 6.72. The Morgan fingerprint density at radius 3 is 2.62 bits per heavy atom. The fourth-order valence-electron chi connectivity index (χ4n) is 3.09. The SMILES string of the molecule is CC1C/C=C\CCCCCCCCC(SC(C)CC=O)C1. The highest BCUT2D eigenvalue weighted by Crippen LogP contribution is 2.30. The minimum Gasteiger partial charge on any atom is -0.303 e. The molecule has 0 saturated heterocycles. The average Bonchev–Trinajstić information content (AvgIpc) is 2.44. The highest BCUT2D eigenvalue weighted by molar-refractivity contribution is 8.00. The van der Waals surface area contributed by atoms with E-state index in [2.05, 4.69) is 37.8 Å². The fraction of sp³-hybridized carbons (Fsp3) is 0.842. The summed E-state index contributed by atoms with van der Waals surface area (Å²) in [4.78, 5) is 10.7. The summed E-state index contributed by atoms with van der Waals surface area (Å²) in [5.74, 6) is 0.769. The number of aldehydes is 1. The standard InChI is InChI=1S/C19H34OS/c1-17-12-10-8-6-4-3-5-7-9-11-13-19(16-17)21-18(2)14-15-20/h8,10,15,17-19H,3-7,9,11-14,16H2,1-2H3/b10-8-. The second kappa shape index (κ2) is 12.3. The lowest BCUT2D eigenvalue weighted by Crippen LogP contribution is -2.13. The van der Waals surface area contributed by atoms with E-state index in [9.17, 15) is 4.79 Å². The van der Waals surface area contributed by atoms with E-state index >= 15 is 0 Å². The van der Waals surface area contributed by atoms with Crippen molar-refractivity contribution in [3.8, 4) is 0 Å². The molecule has 1 rings (SSSR count). The van der Waals surface area contributed by atoms with E-state index in [-0.39, 0.29) is 0 Å². The van der Waals surface area contributed by atoms with Crippen LogP contribution in [0.3, 0.4) is 0 Å². The molecule has 0 saturated carbocycles. The molecule has 122 valence electrons. The summed E-state index contributed by atoms with van der Waals surface area (Å²) in [6.07, 6.45) is 20.0. The van der Waals surface area contributed by atoms with E-state index in [1.54, 1.807) is 0 Å². The van der Waals surface area contributed by atoms with Crippen molar-refractivity contribution in [1.82, 2.24) is 0 Å². The molecule has 0 aromatic rings. The Hall–Kier alpha value is -0.240. The summed E-state index contributed by atoms with van der Waals surface area (Å²) >= 11 is 2.05. The molecule has 3 unspecified atom stereocenters. The first kappa shape index (κ1) is 18.8. The van der Waals surface area contributed by atoms with Gasteiger partial charge in [-0.15, -0.1) is 0 Å². The summed E-state index contributed by atoms with van der Waals surface area (Å²) in [7, 11) is 0. The monoisotopic (exact) mass is 310 g/mol. The van der Waals surface area contributed by atoms with E-state index in [1.807, 2.05) is 0 Å². The van der Waals surface area contributed by atoms with E-state index in [1.165, 1.54) is 64.2 Å². The zero-order chi connectivity index (χ0) is 15.3. The van der Waals surface area contributed by atoms with E-state index in [0.717, 1.165) is 17.5 Å². The van der Waals surface area contributed by atoms with Crippen molar-refractivity contribution in [3.05, 3.63) is 12.2 Å². The number of carbonyl (C=O) groups is 1. The highest BCUT2D eigenvalue weighted by Gasteiger charge is 2.16. The molecule has 0 aromatic carbocycles. The number of carbonyl (C=O) groups excluding carboxylic acids is 1. The molecule has 21 heavy (non-hydrogen) atoms. The molecule has 1 aliphatic rings. The first-order valence-corrected chi connectivity index (χ1v) is 9.90. The molecule has 0 fully saturated rings. The van der Waals surface area contributed by atoms with E-state index in [4.69, 9.17) is 0 Å².